The number of ether oxygens (including phenoxy) is 2. The molecule has 29 heavy (non-hydrogen) atoms. The Kier molecular flexibility index (Phi) is 7.07. The summed E-state index contributed by atoms with van der Waals surface area (Å²) in [5, 5.41) is 5.50. The zero-order chi connectivity index (χ0) is 20.6. The highest BCUT2D eigenvalue weighted by Crippen LogP contribution is 2.27. The molecule has 0 bridgehead atoms. The molecule has 1 saturated heterocycles. The Bertz CT molecular complexity index is 905. The van der Waals surface area contributed by atoms with Crippen LogP contribution < -0.4 is 20.1 Å². The van der Waals surface area contributed by atoms with E-state index in [0.29, 0.717) is 35.5 Å². The Morgan fingerprint density at radius 1 is 1.24 bits per heavy atom. The first kappa shape index (κ1) is 20.7. The Labute approximate surface area is 173 Å². The van der Waals surface area contributed by atoms with Crippen molar-refractivity contribution in [1.29, 1.82) is 0 Å². The molecule has 1 unspecified atom stereocenters. The summed E-state index contributed by atoms with van der Waals surface area (Å²) in [5.74, 6) is 1.41. The van der Waals surface area contributed by atoms with E-state index in [1.54, 1.807) is 32.5 Å². The molecule has 0 radical (unpaired) electrons. The van der Waals surface area contributed by atoms with Crippen molar-refractivity contribution < 1.29 is 19.1 Å². The van der Waals surface area contributed by atoms with Gasteiger partial charge in [0.15, 0.2) is 22.5 Å². The highest BCUT2D eigenvalue weighted by molar-refractivity contribution is 8.15. The minimum Gasteiger partial charge on any atom is -0.493 e. The van der Waals surface area contributed by atoms with E-state index in [-0.39, 0.29) is 18.2 Å². The number of amidine groups is 1. The van der Waals surface area contributed by atoms with Crippen LogP contribution in [-0.4, -0.2) is 48.0 Å². The topological polar surface area (TPSA) is 102 Å². The lowest BCUT2D eigenvalue weighted by Gasteiger charge is -2.10. The summed E-state index contributed by atoms with van der Waals surface area (Å²) in [4.78, 5) is 32.7. The highest BCUT2D eigenvalue weighted by Gasteiger charge is 2.32. The van der Waals surface area contributed by atoms with Gasteiger partial charge in [-0.25, -0.2) is 9.98 Å². The van der Waals surface area contributed by atoms with Crippen LogP contribution in [0.3, 0.4) is 0 Å². The smallest absolute Gasteiger partial charge is 0.240 e. The van der Waals surface area contributed by atoms with E-state index in [2.05, 4.69) is 20.6 Å². The van der Waals surface area contributed by atoms with Crippen LogP contribution in [0.2, 0.25) is 0 Å². The van der Waals surface area contributed by atoms with Gasteiger partial charge in [0.1, 0.15) is 5.25 Å². The van der Waals surface area contributed by atoms with Crippen LogP contribution in [0.1, 0.15) is 12.0 Å². The standard InChI is InChI=1S/C20H22N4O4S/c1-27-14-7-6-13(11-15(14)28-2)8-10-22-18(25)12-16-19(26)24-20(29-16)23-17-5-3-4-9-21-17/h3-7,9,11,16H,8,10,12H2,1-2H3,(H,22,25)(H,21,23,24,26). The molecule has 3 rings (SSSR count). The average Bonchev–Trinajstić information content (AvgIpc) is 3.07. The predicted molar refractivity (Wildman–Crippen MR) is 112 cm³/mol. The third-order valence-electron chi connectivity index (χ3n) is 4.20. The van der Waals surface area contributed by atoms with Crippen LogP contribution in [0, 0.1) is 0 Å². The first-order valence-corrected chi connectivity index (χ1v) is 9.92. The van der Waals surface area contributed by atoms with Crippen LogP contribution >= 0.6 is 11.8 Å². The second kappa shape index (κ2) is 9.92. The van der Waals surface area contributed by atoms with E-state index in [1.807, 2.05) is 24.3 Å². The second-order valence-electron chi connectivity index (χ2n) is 6.19. The zero-order valence-electron chi connectivity index (χ0n) is 16.2. The zero-order valence-corrected chi connectivity index (χ0v) is 17.0. The highest BCUT2D eigenvalue weighted by atomic mass is 32.2. The van der Waals surface area contributed by atoms with Crippen LogP contribution in [0.5, 0.6) is 11.5 Å². The van der Waals surface area contributed by atoms with Crippen LogP contribution in [0.25, 0.3) is 0 Å². The van der Waals surface area contributed by atoms with E-state index < -0.39 is 5.25 Å². The van der Waals surface area contributed by atoms with Crippen LogP contribution in [0.4, 0.5) is 5.82 Å². The van der Waals surface area contributed by atoms with Gasteiger partial charge in [0.2, 0.25) is 11.8 Å². The van der Waals surface area contributed by atoms with Crippen molar-refractivity contribution in [2.24, 2.45) is 4.99 Å². The molecule has 1 aliphatic heterocycles. The molecule has 2 N–H and O–H groups in total. The number of nitrogens with zero attached hydrogens (tertiary/aromatic N) is 2. The largest absolute Gasteiger partial charge is 0.493 e. The number of carbonyl (C=O) groups is 2. The van der Waals surface area contributed by atoms with Crippen LogP contribution in [0.15, 0.2) is 47.6 Å². The summed E-state index contributed by atoms with van der Waals surface area (Å²) in [6.45, 7) is 0.461. The number of aliphatic imine (C=N–C) groups is 1. The number of carbonyl (C=O) groups excluding carboxylic acids is 2. The molecule has 0 aliphatic carbocycles. The number of methoxy groups -OCH3 is 2. The van der Waals surface area contributed by atoms with Crippen molar-refractivity contribution in [2.75, 3.05) is 20.8 Å². The number of hydrogen-bond donors (Lipinski definition) is 2. The fourth-order valence-corrected chi connectivity index (χ4v) is 3.72. The molecule has 1 aliphatic rings. The molecule has 8 nitrogen and oxygen atoms in total. The molecule has 2 aromatic rings. The van der Waals surface area contributed by atoms with Gasteiger partial charge < -0.3 is 20.1 Å². The summed E-state index contributed by atoms with van der Waals surface area (Å²) < 4.78 is 10.5. The SMILES string of the molecule is COc1ccc(CCNC(=O)CC2S/C(=N/c3ccccn3)NC2=O)cc1OC. The van der Waals surface area contributed by atoms with Gasteiger partial charge in [-0.2, -0.15) is 0 Å². The molecule has 2 heterocycles. The van der Waals surface area contributed by atoms with Crippen molar-refractivity contribution in [3.63, 3.8) is 0 Å². The summed E-state index contributed by atoms with van der Waals surface area (Å²) in [6.07, 6.45) is 2.36. The summed E-state index contributed by atoms with van der Waals surface area (Å²) >= 11 is 1.24. The lowest BCUT2D eigenvalue weighted by Crippen LogP contribution is -2.32. The number of aromatic nitrogens is 1. The number of nitrogens with one attached hydrogen (secondary N) is 2. The summed E-state index contributed by atoms with van der Waals surface area (Å²) in [6, 6.07) is 11.0. The molecular formula is C20H22N4O4S. The molecule has 1 aromatic carbocycles. The van der Waals surface area contributed by atoms with Crippen LogP contribution in [-0.2, 0) is 16.0 Å². The number of rotatable bonds is 8. The first-order valence-electron chi connectivity index (χ1n) is 9.04. The normalized spacial score (nSPS) is 17.1. The van der Waals surface area contributed by atoms with E-state index in [0.717, 1.165) is 5.56 Å². The predicted octanol–water partition coefficient (Wildman–Crippen LogP) is 2.07. The Balaban J connectivity index is 1.47. The van der Waals surface area contributed by atoms with Gasteiger partial charge in [-0.1, -0.05) is 23.9 Å². The quantitative estimate of drug-likeness (QED) is 0.686. The van der Waals surface area contributed by atoms with Crippen molar-refractivity contribution in [2.45, 2.75) is 18.1 Å². The lowest BCUT2D eigenvalue weighted by atomic mass is 10.1. The number of hydrogen-bond acceptors (Lipinski definition) is 7. The summed E-state index contributed by atoms with van der Waals surface area (Å²) in [5.41, 5.74) is 1.01. The maximum atomic E-state index is 12.2. The second-order valence-corrected chi connectivity index (χ2v) is 7.39. The van der Waals surface area contributed by atoms with Gasteiger partial charge in [0, 0.05) is 19.2 Å². The number of pyridine rings is 1. The molecule has 0 spiro atoms. The Hall–Kier alpha value is -3.07. The van der Waals surface area contributed by atoms with Crippen molar-refractivity contribution in [1.82, 2.24) is 15.6 Å². The van der Waals surface area contributed by atoms with E-state index >= 15 is 0 Å². The number of benzene rings is 1. The van der Waals surface area contributed by atoms with E-state index in [9.17, 15) is 9.59 Å². The van der Waals surface area contributed by atoms with Gasteiger partial charge in [-0.05, 0) is 36.2 Å². The lowest BCUT2D eigenvalue weighted by molar-refractivity contribution is -0.125. The minimum atomic E-state index is -0.501. The first-order chi connectivity index (χ1) is 14.1. The van der Waals surface area contributed by atoms with Crippen molar-refractivity contribution in [3.05, 3.63) is 48.2 Å². The van der Waals surface area contributed by atoms with Gasteiger partial charge >= 0.3 is 0 Å². The van der Waals surface area contributed by atoms with Gasteiger partial charge in [0.05, 0.1) is 14.2 Å². The third kappa shape index (κ3) is 5.71. The fourth-order valence-electron chi connectivity index (χ4n) is 2.74. The Morgan fingerprint density at radius 3 is 2.79 bits per heavy atom. The number of thioether (sulfide) groups is 1. The van der Waals surface area contributed by atoms with Crippen molar-refractivity contribution >= 4 is 34.6 Å². The maximum absolute atomic E-state index is 12.2. The molecular weight excluding hydrogens is 392 g/mol. The minimum absolute atomic E-state index is 0.0870. The average molecular weight is 414 g/mol. The van der Waals surface area contributed by atoms with Gasteiger partial charge in [-0.3, -0.25) is 9.59 Å². The third-order valence-corrected chi connectivity index (χ3v) is 5.28. The maximum Gasteiger partial charge on any atom is 0.240 e. The van der Waals surface area contributed by atoms with E-state index in [4.69, 9.17) is 9.47 Å². The molecule has 1 atom stereocenters. The summed E-state index contributed by atoms with van der Waals surface area (Å²) in [7, 11) is 3.17. The molecule has 1 fully saturated rings. The van der Waals surface area contributed by atoms with E-state index in [1.165, 1.54) is 11.8 Å². The monoisotopic (exact) mass is 414 g/mol. The molecule has 2 amide bonds. The molecule has 9 heteroatoms. The molecule has 152 valence electrons. The molecule has 1 aromatic heterocycles. The Morgan fingerprint density at radius 2 is 2.07 bits per heavy atom. The van der Waals surface area contributed by atoms with Crippen molar-refractivity contribution in [3.8, 4) is 11.5 Å². The van der Waals surface area contributed by atoms with Gasteiger partial charge in [-0.15, -0.1) is 0 Å². The fraction of sp³-hybridized carbons (Fsp3) is 0.300. The number of amides is 2. The van der Waals surface area contributed by atoms with Gasteiger partial charge in [0.25, 0.3) is 0 Å². The molecule has 0 saturated carbocycles.